The molecule has 1 aromatic carbocycles. The molecule has 1 fully saturated rings. The van der Waals surface area contributed by atoms with Crippen molar-refractivity contribution < 1.29 is 14.1 Å². The van der Waals surface area contributed by atoms with Crippen LogP contribution in [0.4, 0.5) is 0 Å². The van der Waals surface area contributed by atoms with Crippen LogP contribution >= 0.6 is 0 Å². The number of amides is 1. The highest BCUT2D eigenvalue weighted by Gasteiger charge is 2.32. The predicted octanol–water partition coefficient (Wildman–Crippen LogP) is 2.54. The van der Waals surface area contributed by atoms with Gasteiger partial charge in [-0.3, -0.25) is 15.6 Å². The molecule has 0 spiro atoms. The second-order valence-electron chi connectivity index (χ2n) is 6.16. The number of hydrogen-bond acceptors (Lipinski definition) is 6. The second kappa shape index (κ2) is 7.77. The molecule has 2 N–H and O–H groups in total. The molecule has 7 heteroatoms. The monoisotopic (exact) mass is 352 g/mol. The average molecular weight is 352 g/mol. The number of likely N-dealkylation sites (tertiary alicyclic amines) is 1. The molecule has 1 aromatic heterocycles. The van der Waals surface area contributed by atoms with Gasteiger partial charge in [-0.2, -0.15) is 0 Å². The van der Waals surface area contributed by atoms with Crippen molar-refractivity contribution in [3.63, 3.8) is 0 Å². The van der Waals surface area contributed by atoms with Crippen LogP contribution in [-0.2, 0) is 11.2 Å². The van der Waals surface area contributed by atoms with Crippen molar-refractivity contribution in [3.8, 4) is 0 Å². The molecule has 0 radical (unpaired) electrons. The highest BCUT2D eigenvalue weighted by Crippen LogP contribution is 2.22. The van der Waals surface area contributed by atoms with Crippen LogP contribution in [0.2, 0.25) is 0 Å². The maximum atomic E-state index is 12.4. The Bertz CT molecular complexity index is 835. The summed E-state index contributed by atoms with van der Waals surface area (Å²) < 4.78 is 9.75. The van der Waals surface area contributed by atoms with E-state index in [1.165, 1.54) is 30.9 Å². The molecule has 1 aliphatic rings. The number of nitrogens with one attached hydrogen (secondary N) is 2. The molecule has 1 amide bonds. The fourth-order valence-electron chi connectivity index (χ4n) is 2.79. The first-order valence-corrected chi connectivity index (χ1v) is 8.26. The number of benzene rings is 1. The molecular weight excluding hydrogens is 332 g/mol. The molecule has 134 valence electrons. The molecule has 1 saturated heterocycles. The lowest BCUT2D eigenvalue weighted by Crippen LogP contribution is -2.50. The number of rotatable bonds is 6. The van der Waals surface area contributed by atoms with Crippen molar-refractivity contribution in [1.82, 2.24) is 10.1 Å². The van der Waals surface area contributed by atoms with Gasteiger partial charge in [-0.05, 0) is 24.0 Å². The van der Waals surface area contributed by atoms with Gasteiger partial charge >= 0.3 is 0 Å². The van der Waals surface area contributed by atoms with Crippen molar-refractivity contribution in [3.05, 3.63) is 65.6 Å². The molecule has 0 saturated carbocycles. The molecule has 3 rings (SSSR count). The van der Waals surface area contributed by atoms with Crippen molar-refractivity contribution in [2.24, 2.45) is 5.92 Å². The van der Waals surface area contributed by atoms with Gasteiger partial charge in [-0.25, -0.2) is 0 Å². The third-order valence-electron chi connectivity index (χ3n) is 4.23. The number of nitrogens with zero attached hydrogens (tertiary/aromatic N) is 2. The van der Waals surface area contributed by atoms with E-state index in [1.807, 2.05) is 18.2 Å². The molecule has 0 aliphatic carbocycles. The van der Waals surface area contributed by atoms with Crippen LogP contribution in [-0.4, -0.2) is 47.8 Å². The van der Waals surface area contributed by atoms with Gasteiger partial charge in [0.25, 0.3) is 5.91 Å². The molecule has 2 heterocycles. The van der Waals surface area contributed by atoms with E-state index in [1.54, 1.807) is 4.90 Å². The van der Waals surface area contributed by atoms with E-state index in [2.05, 4.69) is 22.0 Å². The van der Waals surface area contributed by atoms with Gasteiger partial charge in [-0.1, -0.05) is 35.5 Å². The van der Waals surface area contributed by atoms with Crippen LogP contribution in [0.1, 0.15) is 21.8 Å². The Balaban J connectivity index is 1.54. The van der Waals surface area contributed by atoms with E-state index in [9.17, 15) is 4.79 Å². The van der Waals surface area contributed by atoms with Crippen LogP contribution in [0.3, 0.4) is 0 Å². The zero-order chi connectivity index (χ0) is 18.5. The summed E-state index contributed by atoms with van der Waals surface area (Å²) >= 11 is 0. The van der Waals surface area contributed by atoms with Crippen molar-refractivity contribution in [1.29, 1.82) is 10.8 Å². The number of carbonyl (C=O) groups excluding carboxylic acids is 1. The minimum absolute atomic E-state index is 0.0175. The van der Waals surface area contributed by atoms with Gasteiger partial charge in [0, 0.05) is 25.2 Å². The summed E-state index contributed by atoms with van der Waals surface area (Å²) in [5.41, 5.74) is 1.48. The fraction of sp³-hybridized carbons (Fsp3) is 0.263. The Morgan fingerprint density at radius 3 is 2.73 bits per heavy atom. The molecular formula is C19H20N4O3. The Hall–Kier alpha value is -3.22. The summed E-state index contributed by atoms with van der Waals surface area (Å²) in [7, 11) is 1.37. The number of allylic oxidation sites excluding steroid dienone is 1. The Morgan fingerprint density at radius 2 is 2.04 bits per heavy atom. The first kappa shape index (κ1) is 17.6. The van der Waals surface area contributed by atoms with Crippen LogP contribution in [0.25, 0.3) is 0 Å². The zero-order valence-corrected chi connectivity index (χ0v) is 14.4. The smallest absolute Gasteiger partial charge is 0.276 e. The van der Waals surface area contributed by atoms with E-state index < -0.39 is 0 Å². The number of carbonyl (C=O) groups is 1. The summed E-state index contributed by atoms with van der Waals surface area (Å²) in [6.07, 6.45) is 3.64. The van der Waals surface area contributed by atoms with Crippen molar-refractivity contribution >= 4 is 17.5 Å². The molecule has 1 aliphatic heterocycles. The third-order valence-corrected chi connectivity index (χ3v) is 4.23. The number of aromatic nitrogens is 1. The largest absolute Gasteiger partial charge is 0.481 e. The highest BCUT2D eigenvalue weighted by molar-refractivity contribution is 6.08. The Labute approximate surface area is 151 Å². The molecule has 7 nitrogen and oxygen atoms in total. The Kier molecular flexibility index (Phi) is 5.26. The van der Waals surface area contributed by atoms with E-state index >= 15 is 0 Å². The van der Waals surface area contributed by atoms with E-state index in [0.717, 1.165) is 6.42 Å². The van der Waals surface area contributed by atoms with E-state index in [4.69, 9.17) is 15.3 Å². The SMILES string of the molecule is COC(=N)C=CC(=N)c1cc(C(=O)N2CC(Cc3ccccc3)C2)no1. The molecule has 0 bridgehead atoms. The average Bonchev–Trinajstić information content (AvgIpc) is 3.12. The molecule has 26 heavy (non-hydrogen) atoms. The van der Waals surface area contributed by atoms with Gasteiger partial charge in [0.2, 0.25) is 5.90 Å². The first-order valence-electron chi connectivity index (χ1n) is 8.26. The zero-order valence-electron chi connectivity index (χ0n) is 14.4. The fourth-order valence-corrected chi connectivity index (χ4v) is 2.79. The number of ether oxygens (including phenoxy) is 1. The van der Waals surface area contributed by atoms with Crippen LogP contribution in [0, 0.1) is 16.7 Å². The minimum Gasteiger partial charge on any atom is -0.481 e. The maximum Gasteiger partial charge on any atom is 0.276 e. The quantitative estimate of drug-likeness (QED) is 0.616. The highest BCUT2D eigenvalue weighted by atomic mass is 16.5. The van der Waals surface area contributed by atoms with Crippen LogP contribution in [0.15, 0.2) is 53.1 Å². The lowest BCUT2D eigenvalue weighted by atomic mass is 9.92. The standard InChI is InChI=1S/C19H20N4O3/c1-25-18(21)8-7-15(20)17-10-16(22-26-17)19(24)23-11-14(12-23)9-13-5-3-2-4-6-13/h2-8,10,14,20-21H,9,11-12H2,1H3. The summed E-state index contributed by atoms with van der Waals surface area (Å²) in [4.78, 5) is 14.2. The summed E-state index contributed by atoms with van der Waals surface area (Å²) in [5.74, 6) is 0.366. The second-order valence-corrected chi connectivity index (χ2v) is 6.16. The summed E-state index contributed by atoms with van der Waals surface area (Å²) in [6.45, 7) is 1.39. The van der Waals surface area contributed by atoms with Crippen molar-refractivity contribution in [2.45, 2.75) is 6.42 Å². The van der Waals surface area contributed by atoms with Gasteiger partial charge in [0.05, 0.1) is 12.8 Å². The predicted molar refractivity (Wildman–Crippen MR) is 96.7 cm³/mol. The molecule has 0 atom stereocenters. The maximum absolute atomic E-state index is 12.4. The Morgan fingerprint density at radius 1 is 1.31 bits per heavy atom. The summed E-state index contributed by atoms with van der Waals surface area (Å²) in [5, 5.41) is 19.0. The number of hydrogen-bond donors (Lipinski definition) is 2. The molecule has 0 unspecified atom stereocenters. The van der Waals surface area contributed by atoms with Gasteiger partial charge in [0.1, 0.15) is 0 Å². The van der Waals surface area contributed by atoms with E-state index in [-0.39, 0.29) is 29.0 Å². The minimum atomic E-state index is -0.189. The normalized spacial score (nSPS) is 14.3. The van der Waals surface area contributed by atoms with Gasteiger partial charge in [-0.15, -0.1) is 0 Å². The van der Waals surface area contributed by atoms with Gasteiger partial charge < -0.3 is 14.2 Å². The lowest BCUT2D eigenvalue weighted by molar-refractivity contribution is 0.0490. The van der Waals surface area contributed by atoms with Gasteiger partial charge in [0.15, 0.2) is 11.5 Å². The third kappa shape index (κ3) is 4.05. The number of methoxy groups -OCH3 is 1. The summed E-state index contributed by atoms with van der Waals surface area (Å²) in [6, 6.07) is 11.7. The van der Waals surface area contributed by atoms with Crippen LogP contribution < -0.4 is 0 Å². The van der Waals surface area contributed by atoms with E-state index in [0.29, 0.717) is 19.0 Å². The van der Waals surface area contributed by atoms with Crippen LogP contribution in [0.5, 0.6) is 0 Å². The molecule has 2 aromatic rings. The topological polar surface area (TPSA) is 103 Å². The lowest BCUT2D eigenvalue weighted by Gasteiger charge is -2.38. The van der Waals surface area contributed by atoms with Crippen molar-refractivity contribution in [2.75, 3.05) is 20.2 Å². The first-order chi connectivity index (χ1) is 12.6.